The van der Waals surface area contributed by atoms with E-state index in [-0.39, 0.29) is 24.8 Å². The fourth-order valence-electron chi connectivity index (χ4n) is 4.08. The maximum Gasteiger partial charge on any atom is -1.00 e. The minimum atomic E-state index is -0.705. The minimum absolute atomic E-state index is 0. The van der Waals surface area contributed by atoms with Crippen molar-refractivity contribution < 1.29 is 48.0 Å². The Kier molecular flexibility index (Phi) is 5.92. The van der Waals surface area contributed by atoms with Gasteiger partial charge in [-0.2, -0.15) is 0 Å². The van der Waals surface area contributed by atoms with E-state index in [1.807, 2.05) is 0 Å². The molecule has 0 N–H and O–H groups in total. The third-order valence-corrected chi connectivity index (χ3v) is 9.69. The largest absolute Gasteiger partial charge is 1.00 e. The van der Waals surface area contributed by atoms with Crippen molar-refractivity contribution in [1.29, 1.82) is 0 Å². The maximum absolute atomic E-state index is 2.47. The van der Waals surface area contributed by atoms with Crippen LogP contribution in [0, 0.1) is 6.92 Å². The van der Waals surface area contributed by atoms with E-state index in [2.05, 4.69) is 85.8 Å². The molecule has 0 spiro atoms. The maximum atomic E-state index is 2.47. The monoisotopic (exact) mass is 454 g/mol. The summed E-state index contributed by atoms with van der Waals surface area (Å²) in [5, 5.41) is 0. The molecule has 0 bridgehead atoms. The summed E-state index contributed by atoms with van der Waals surface area (Å²) in [6, 6.07) is 25.0. The summed E-state index contributed by atoms with van der Waals surface area (Å²) in [5.41, 5.74) is 10.5. The first-order chi connectivity index (χ1) is 11.8. The van der Waals surface area contributed by atoms with E-state index in [1.165, 1.54) is 22.3 Å². The zero-order chi connectivity index (χ0) is 16.1. The summed E-state index contributed by atoms with van der Waals surface area (Å²) in [6.07, 6.45) is 4.81. The average Bonchev–Trinajstić information content (AvgIpc) is 3.15. The van der Waals surface area contributed by atoms with Crippen LogP contribution in [0.2, 0.25) is 0 Å². The molecule has 0 amide bonds. The van der Waals surface area contributed by atoms with Crippen molar-refractivity contribution in [3.05, 3.63) is 101 Å². The van der Waals surface area contributed by atoms with Crippen molar-refractivity contribution in [3.8, 4) is 11.1 Å². The minimum Gasteiger partial charge on any atom is -1.00 e. The van der Waals surface area contributed by atoms with Crippen LogP contribution in [0.4, 0.5) is 0 Å². The molecular formula is C23H18Cl2Zr. The van der Waals surface area contributed by atoms with Crippen molar-refractivity contribution >= 4 is 6.08 Å². The van der Waals surface area contributed by atoms with Crippen LogP contribution >= 0.6 is 0 Å². The summed E-state index contributed by atoms with van der Waals surface area (Å²) in [7, 11) is 0. The van der Waals surface area contributed by atoms with Crippen LogP contribution in [-0.2, 0) is 23.2 Å². The Morgan fingerprint density at radius 2 is 1.35 bits per heavy atom. The van der Waals surface area contributed by atoms with Crippen LogP contribution in [0.1, 0.15) is 35.1 Å². The van der Waals surface area contributed by atoms with Gasteiger partial charge in [0.1, 0.15) is 0 Å². The van der Waals surface area contributed by atoms with Gasteiger partial charge in [0, 0.05) is 0 Å². The van der Waals surface area contributed by atoms with Gasteiger partial charge in [0.25, 0.3) is 0 Å². The van der Waals surface area contributed by atoms with Crippen molar-refractivity contribution in [3.63, 3.8) is 0 Å². The summed E-state index contributed by atoms with van der Waals surface area (Å²) in [4.78, 5) is 0. The molecule has 3 aromatic carbocycles. The van der Waals surface area contributed by atoms with Crippen molar-refractivity contribution in [2.24, 2.45) is 0 Å². The molecule has 2 aliphatic carbocycles. The fourth-order valence-corrected chi connectivity index (χ4v) is 8.65. The Bertz CT molecular complexity index is 932. The first kappa shape index (κ1) is 19.6. The van der Waals surface area contributed by atoms with E-state index >= 15 is 0 Å². The molecule has 0 radical (unpaired) electrons. The third kappa shape index (κ3) is 3.15. The van der Waals surface area contributed by atoms with Crippen LogP contribution in [0.25, 0.3) is 17.2 Å². The first-order valence-corrected chi connectivity index (χ1v) is 11.4. The van der Waals surface area contributed by atoms with Gasteiger partial charge in [0.2, 0.25) is 0 Å². The second-order valence-corrected chi connectivity index (χ2v) is 10.5. The molecule has 26 heavy (non-hydrogen) atoms. The molecule has 0 nitrogen and oxygen atoms in total. The molecule has 0 fully saturated rings. The molecule has 1 atom stereocenters. The molecular weight excluding hydrogens is 438 g/mol. The smallest absolute Gasteiger partial charge is 1.00 e. The van der Waals surface area contributed by atoms with Crippen LogP contribution < -0.4 is 24.8 Å². The molecule has 128 valence electrons. The van der Waals surface area contributed by atoms with E-state index < -0.39 is 23.2 Å². The molecule has 5 rings (SSSR count). The molecule has 0 heterocycles. The standard InChI is InChI=1S/C13H9.C10H9.2ClH.Zr/c1-3-7-12-10(5-1)9-11-6-2-4-8-13(11)12;1-8-5-6-9-3-2-4-10(9)7-8;;;/h1-9H;2-7H,1H3;2*1H;/q;;;;+2/p-2. The summed E-state index contributed by atoms with van der Waals surface area (Å²) in [6.45, 7) is 2.21. The fraction of sp³-hybridized carbons (Fsp3) is 0.130. The first-order valence-electron chi connectivity index (χ1n) is 8.54. The van der Waals surface area contributed by atoms with Gasteiger partial charge in [0.05, 0.1) is 0 Å². The molecule has 3 aromatic rings. The zero-order valence-corrected chi connectivity index (χ0v) is 18.4. The van der Waals surface area contributed by atoms with E-state index in [1.54, 1.807) is 16.7 Å². The number of benzene rings is 3. The van der Waals surface area contributed by atoms with E-state index in [0.717, 1.165) is 0 Å². The Morgan fingerprint density at radius 1 is 0.731 bits per heavy atom. The van der Waals surface area contributed by atoms with E-state index in [0.29, 0.717) is 7.25 Å². The number of halogens is 2. The second kappa shape index (κ2) is 7.85. The predicted octanol–water partition coefficient (Wildman–Crippen LogP) is -0.0766. The van der Waals surface area contributed by atoms with Crippen molar-refractivity contribution in [1.82, 2.24) is 0 Å². The molecule has 0 aliphatic heterocycles. The van der Waals surface area contributed by atoms with Crippen molar-refractivity contribution in [2.45, 2.75) is 14.2 Å². The predicted molar refractivity (Wildman–Crippen MR) is 96.7 cm³/mol. The Balaban J connectivity index is 0.000000980. The molecule has 0 saturated carbocycles. The van der Waals surface area contributed by atoms with E-state index in [4.69, 9.17) is 0 Å². The quantitative estimate of drug-likeness (QED) is 0.507. The number of rotatable bonds is 2. The van der Waals surface area contributed by atoms with Gasteiger partial charge in [-0.25, -0.2) is 0 Å². The zero-order valence-electron chi connectivity index (χ0n) is 14.4. The Morgan fingerprint density at radius 3 is 2.00 bits per heavy atom. The van der Waals surface area contributed by atoms with Gasteiger partial charge in [-0.3, -0.25) is 0 Å². The van der Waals surface area contributed by atoms with Crippen LogP contribution in [0.5, 0.6) is 0 Å². The summed E-state index contributed by atoms with van der Waals surface area (Å²) in [5.74, 6) is 0. The number of aryl methyl sites for hydroxylation is 1. The molecule has 3 heteroatoms. The Labute approximate surface area is 179 Å². The van der Waals surface area contributed by atoms with Gasteiger partial charge in [-0.15, -0.1) is 0 Å². The molecule has 1 unspecified atom stereocenters. The summed E-state index contributed by atoms with van der Waals surface area (Å²) < 4.78 is 1.36. The van der Waals surface area contributed by atoms with Gasteiger partial charge in [-0.05, 0) is 0 Å². The molecule has 2 aliphatic rings. The summed E-state index contributed by atoms with van der Waals surface area (Å²) >= 11 is -0.705. The molecule has 0 aromatic heterocycles. The number of hydrogen-bond acceptors (Lipinski definition) is 0. The van der Waals surface area contributed by atoms with Gasteiger partial charge >= 0.3 is 155 Å². The SMILES string of the molecule is Cc1ccc2c(c1)[CH]([Zr+2][CH]1c3ccccc3-c3ccccc31)C=C2.[Cl-].[Cl-]. The van der Waals surface area contributed by atoms with Crippen LogP contribution in [-0.4, -0.2) is 0 Å². The van der Waals surface area contributed by atoms with Gasteiger partial charge < -0.3 is 24.8 Å². The average molecular weight is 457 g/mol. The number of hydrogen-bond donors (Lipinski definition) is 0. The number of fused-ring (bicyclic) bond motifs is 4. The van der Waals surface area contributed by atoms with Crippen LogP contribution in [0.15, 0.2) is 72.8 Å². The Hall–Kier alpha value is -1.14. The molecule has 0 saturated heterocycles. The van der Waals surface area contributed by atoms with Crippen molar-refractivity contribution in [2.75, 3.05) is 0 Å². The normalized spacial score (nSPS) is 16.0. The number of allylic oxidation sites excluding steroid dienone is 1. The van der Waals surface area contributed by atoms with Crippen LogP contribution in [0.3, 0.4) is 0 Å². The second-order valence-electron chi connectivity index (χ2n) is 6.74. The van der Waals surface area contributed by atoms with Gasteiger partial charge in [0.15, 0.2) is 0 Å². The van der Waals surface area contributed by atoms with Gasteiger partial charge in [-0.1, -0.05) is 0 Å². The third-order valence-electron chi connectivity index (χ3n) is 5.23. The topological polar surface area (TPSA) is 0 Å². The van der Waals surface area contributed by atoms with E-state index in [9.17, 15) is 0 Å².